The van der Waals surface area contributed by atoms with Gasteiger partial charge in [-0.05, 0) is 31.0 Å². The number of benzene rings is 1. The Morgan fingerprint density at radius 2 is 2.04 bits per heavy atom. The number of aliphatic hydroxyl groups is 1. The van der Waals surface area contributed by atoms with Crippen LogP contribution in [-0.2, 0) is 16.0 Å². The SMILES string of the molecule is CCOC(=O)CCc1ccc(OCC(O)CNC(C)C)c(OC)c1. The molecule has 0 saturated carbocycles. The van der Waals surface area contributed by atoms with Gasteiger partial charge in [-0.15, -0.1) is 0 Å². The molecule has 0 bridgehead atoms. The molecule has 1 rings (SSSR count). The first kappa shape index (κ1) is 20.3. The van der Waals surface area contributed by atoms with Gasteiger partial charge >= 0.3 is 5.97 Å². The number of aryl methyl sites for hydroxylation is 1. The van der Waals surface area contributed by atoms with Crippen molar-refractivity contribution in [2.75, 3.05) is 26.9 Å². The Morgan fingerprint density at radius 3 is 2.67 bits per heavy atom. The second kappa shape index (κ2) is 10.9. The Kier molecular flexibility index (Phi) is 9.19. The third-order valence-corrected chi connectivity index (χ3v) is 3.34. The van der Waals surface area contributed by atoms with Crippen molar-refractivity contribution in [3.8, 4) is 11.5 Å². The van der Waals surface area contributed by atoms with Gasteiger partial charge in [0.2, 0.25) is 0 Å². The predicted molar refractivity (Wildman–Crippen MR) is 92.6 cm³/mol. The van der Waals surface area contributed by atoms with E-state index in [2.05, 4.69) is 5.32 Å². The van der Waals surface area contributed by atoms with Crippen molar-refractivity contribution in [3.05, 3.63) is 23.8 Å². The largest absolute Gasteiger partial charge is 0.493 e. The standard InChI is InChI=1S/C18H29NO5/c1-5-23-18(21)9-7-14-6-8-16(17(10-14)22-4)24-12-15(20)11-19-13(2)3/h6,8,10,13,15,19-20H,5,7,9,11-12H2,1-4H3. The van der Waals surface area contributed by atoms with E-state index in [4.69, 9.17) is 14.2 Å². The van der Waals surface area contributed by atoms with Crippen LogP contribution in [0.1, 0.15) is 32.8 Å². The lowest BCUT2D eigenvalue weighted by atomic mass is 10.1. The lowest BCUT2D eigenvalue weighted by molar-refractivity contribution is -0.143. The maximum atomic E-state index is 11.4. The number of esters is 1. The maximum absolute atomic E-state index is 11.4. The summed E-state index contributed by atoms with van der Waals surface area (Å²) in [5.41, 5.74) is 0.967. The molecule has 1 aromatic carbocycles. The second-order valence-corrected chi connectivity index (χ2v) is 5.82. The van der Waals surface area contributed by atoms with E-state index in [1.54, 1.807) is 20.1 Å². The third kappa shape index (κ3) is 7.66. The maximum Gasteiger partial charge on any atom is 0.306 e. The minimum absolute atomic E-state index is 0.179. The molecule has 24 heavy (non-hydrogen) atoms. The van der Waals surface area contributed by atoms with Gasteiger partial charge in [-0.1, -0.05) is 19.9 Å². The summed E-state index contributed by atoms with van der Waals surface area (Å²) < 4.78 is 15.9. The quantitative estimate of drug-likeness (QED) is 0.600. The molecular weight excluding hydrogens is 310 g/mol. The predicted octanol–water partition coefficient (Wildman–Crippen LogP) is 1.93. The van der Waals surface area contributed by atoms with Crippen LogP contribution in [-0.4, -0.2) is 50.1 Å². The molecule has 6 nitrogen and oxygen atoms in total. The van der Waals surface area contributed by atoms with Crippen LogP contribution in [0.25, 0.3) is 0 Å². The number of methoxy groups -OCH3 is 1. The molecule has 0 heterocycles. The molecular formula is C18H29NO5. The molecule has 0 aliphatic heterocycles. The number of aliphatic hydroxyl groups excluding tert-OH is 1. The Morgan fingerprint density at radius 1 is 1.29 bits per heavy atom. The van der Waals surface area contributed by atoms with Crippen LogP contribution in [0.2, 0.25) is 0 Å². The summed E-state index contributed by atoms with van der Waals surface area (Å²) >= 11 is 0. The summed E-state index contributed by atoms with van der Waals surface area (Å²) in [6.45, 7) is 6.87. The topological polar surface area (TPSA) is 77.0 Å². The first-order chi connectivity index (χ1) is 11.5. The van der Waals surface area contributed by atoms with Gasteiger partial charge in [0.05, 0.1) is 13.7 Å². The molecule has 0 radical (unpaired) electrons. The first-order valence-corrected chi connectivity index (χ1v) is 8.33. The molecule has 0 fully saturated rings. The zero-order valence-corrected chi connectivity index (χ0v) is 15.0. The van der Waals surface area contributed by atoms with Crippen molar-refractivity contribution < 1.29 is 24.1 Å². The Bertz CT molecular complexity index is 504. The molecule has 1 atom stereocenters. The summed E-state index contributed by atoms with van der Waals surface area (Å²) in [5, 5.41) is 13.0. The van der Waals surface area contributed by atoms with Crippen LogP contribution in [0.5, 0.6) is 11.5 Å². The van der Waals surface area contributed by atoms with Crippen molar-refractivity contribution >= 4 is 5.97 Å². The van der Waals surface area contributed by atoms with Gasteiger partial charge < -0.3 is 24.6 Å². The highest BCUT2D eigenvalue weighted by molar-refractivity contribution is 5.69. The molecule has 0 aromatic heterocycles. The summed E-state index contributed by atoms with van der Waals surface area (Å²) in [4.78, 5) is 11.4. The number of hydrogen-bond donors (Lipinski definition) is 2. The van der Waals surface area contributed by atoms with Gasteiger partial charge in [0.1, 0.15) is 12.7 Å². The smallest absolute Gasteiger partial charge is 0.306 e. The molecule has 136 valence electrons. The highest BCUT2D eigenvalue weighted by atomic mass is 16.5. The minimum atomic E-state index is -0.597. The van der Waals surface area contributed by atoms with E-state index in [1.807, 2.05) is 26.0 Å². The zero-order chi connectivity index (χ0) is 17.9. The molecule has 6 heteroatoms. The van der Waals surface area contributed by atoms with Gasteiger partial charge in [-0.2, -0.15) is 0 Å². The van der Waals surface area contributed by atoms with E-state index in [0.29, 0.717) is 43.5 Å². The molecule has 0 amide bonds. The van der Waals surface area contributed by atoms with Gasteiger partial charge in [-0.25, -0.2) is 0 Å². The average molecular weight is 339 g/mol. The van der Waals surface area contributed by atoms with Gasteiger partial charge in [0.15, 0.2) is 11.5 Å². The summed E-state index contributed by atoms with van der Waals surface area (Å²) in [6, 6.07) is 5.83. The first-order valence-electron chi connectivity index (χ1n) is 8.33. The van der Waals surface area contributed by atoms with Crippen molar-refractivity contribution in [2.24, 2.45) is 0 Å². The number of hydrogen-bond acceptors (Lipinski definition) is 6. The van der Waals surface area contributed by atoms with Crippen LogP contribution < -0.4 is 14.8 Å². The molecule has 0 aliphatic rings. The molecule has 0 aliphatic carbocycles. The molecule has 1 unspecified atom stereocenters. The van der Waals surface area contributed by atoms with Crippen LogP contribution in [0.3, 0.4) is 0 Å². The summed E-state index contributed by atoms with van der Waals surface area (Å²) in [5.74, 6) is 0.943. The van der Waals surface area contributed by atoms with Gasteiger partial charge in [0.25, 0.3) is 0 Å². The van der Waals surface area contributed by atoms with Crippen LogP contribution >= 0.6 is 0 Å². The fraction of sp³-hybridized carbons (Fsp3) is 0.611. The lowest BCUT2D eigenvalue weighted by Gasteiger charge is -2.16. The molecule has 0 spiro atoms. The summed E-state index contributed by atoms with van der Waals surface area (Å²) in [6.07, 6.45) is 0.313. The zero-order valence-electron chi connectivity index (χ0n) is 15.0. The Hall–Kier alpha value is -1.79. The van der Waals surface area contributed by atoms with Gasteiger partial charge in [-0.3, -0.25) is 4.79 Å². The lowest BCUT2D eigenvalue weighted by Crippen LogP contribution is -2.35. The Labute approximate surface area is 144 Å². The van der Waals surface area contributed by atoms with E-state index in [-0.39, 0.29) is 12.6 Å². The molecule has 2 N–H and O–H groups in total. The minimum Gasteiger partial charge on any atom is -0.493 e. The monoisotopic (exact) mass is 339 g/mol. The normalized spacial score (nSPS) is 12.1. The highest BCUT2D eigenvalue weighted by Crippen LogP contribution is 2.28. The van der Waals surface area contributed by atoms with Gasteiger partial charge in [0, 0.05) is 19.0 Å². The van der Waals surface area contributed by atoms with E-state index in [9.17, 15) is 9.90 Å². The third-order valence-electron chi connectivity index (χ3n) is 3.34. The highest BCUT2D eigenvalue weighted by Gasteiger charge is 2.11. The number of rotatable bonds is 11. The number of nitrogens with one attached hydrogen (secondary N) is 1. The molecule has 0 saturated heterocycles. The van der Waals surface area contributed by atoms with E-state index >= 15 is 0 Å². The number of carbonyl (C=O) groups is 1. The van der Waals surface area contributed by atoms with E-state index in [1.165, 1.54) is 0 Å². The van der Waals surface area contributed by atoms with Crippen LogP contribution in [0.15, 0.2) is 18.2 Å². The van der Waals surface area contributed by atoms with Crippen molar-refractivity contribution in [2.45, 2.75) is 45.8 Å². The number of carbonyl (C=O) groups excluding carboxylic acids is 1. The molecule has 1 aromatic rings. The summed E-state index contributed by atoms with van der Waals surface area (Å²) in [7, 11) is 1.56. The fourth-order valence-electron chi connectivity index (χ4n) is 2.08. The number of ether oxygens (including phenoxy) is 3. The average Bonchev–Trinajstić information content (AvgIpc) is 2.56. The van der Waals surface area contributed by atoms with E-state index < -0.39 is 6.10 Å². The van der Waals surface area contributed by atoms with E-state index in [0.717, 1.165) is 5.56 Å². The van der Waals surface area contributed by atoms with Crippen molar-refractivity contribution in [1.29, 1.82) is 0 Å². The Balaban J connectivity index is 2.55. The van der Waals surface area contributed by atoms with Crippen molar-refractivity contribution in [3.63, 3.8) is 0 Å². The van der Waals surface area contributed by atoms with Crippen LogP contribution in [0.4, 0.5) is 0 Å². The van der Waals surface area contributed by atoms with Crippen molar-refractivity contribution in [1.82, 2.24) is 5.32 Å². The fourth-order valence-corrected chi connectivity index (χ4v) is 2.08. The second-order valence-electron chi connectivity index (χ2n) is 5.82. The van der Waals surface area contributed by atoms with Crippen LogP contribution in [0, 0.1) is 0 Å².